The maximum Gasteiger partial charge on any atom is 0.409 e. The Morgan fingerprint density at radius 3 is 2.77 bits per heavy atom. The minimum Gasteiger partial charge on any atom is -0.453 e. The Morgan fingerprint density at radius 2 is 2.04 bits per heavy atom. The lowest BCUT2D eigenvalue weighted by molar-refractivity contribution is -0.129. The van der Waals surface area contributed by atoms with E-state index in [0.717, 1.165) is 51.9 Å². The fourth-order valence-electron chi connectivity index (χ4n) is 5.15. The molecule has 0 saturated carbocycles. The Hall–Kier alpha value is -1.82. The predicted octanol–water partition coefficient (Wildman–Crippen LogP) is 2.37. The fraction of sp³-hybridized carbons (Fsp3) is 0.700. The number of methoxy groups -OCH3 is 1. The fourth-order valence-corrected chi connectivity index (χ4v) is 5.15. The standard InChI is InChI=1S/C20H29N3O3/c1-20(9-12-21(14-20)19(25)26-2)22-10-7-16(8-11-22)23-17-6-4-3-5-15(17)13-18(23)24/h3-4,6,15-16H,5,7-14H2,1-2H3. The smallest absolute Gasteiger partial charge is 0.409 e. The number of ether oxygens (including phenoxy) is 1. The Morgan fingerprint density at radius 1 is 1.27 bits per heavy atom. The van der Waals surface area contributed by atoms with Gasteiger partial charge in [0, 0.05) is 55.8 Å². The van der Waals surface area contributed by atoms with E-state index in [-0.39, 0.29) is 11.6 Å². The number of carbonyl (C=O) groups is 2. The Balaban J connectivity index is 1.39. The van der Waals surface area contributed by atoms with E-state index in [1.807, 2.05) is 0 Å². The number of piperidine rings is 1. The Kier molecular flexibility index (Phi) is 4.55. The van der Waals surface area contributed by atoms with Gasteiger partial charge in [0.05, 0.1) is 7.11 Å². The quantitative estimate of drug-likeness (QED) is 0.760. The molecule has 6 heteroatoms. The van der Waals surface area contributed by atoms with Gasteiger partial charge in [-0.25, -0.2) is 4.79 Å². The van der Waals surface area contributed by atoms with Crippen LogP contribution in [0.2, 0.25) is 0 Å². The van der Waals surface area contributed by atoms with Crippen LogP contribution in [0.5, 0.6) is 0 Å². The molecule has 3 heterocycles. The van der Waals surface area contributed by atoms with E-state index in [4.69, 9.17) is 4.74 Å². The second kappa shape index (κ2) is 6.72. The number of fused-ring (bicyclic) bond motifs is 1. The first-order valence-corrected chi connectivity index (χ1v) is 9.78. The van der Waals surface area contributed by atoms with Gasteiger partial charge in [-0.05, 0) is 38.7 Å². The highest BCUT2D eigenvalue weighted by Crippen LogP contribution is 2.39. The zero-order chi connectivity index (χ0) is 18.3. The van der Waals surface area contributed by atoms with E-state index in [1.165, 1.54) is 12.8 Å². The lowest BCUT2D eigenvalue weighted by Crippen LogP contribution is -2.54. The molecule has 3 saturated heterocycles. The normalized spacial score (nSPS) is 32.8. The zero-order valence-corrected chi connectivity index (χ0v) is 15.8. The molecule has 2 atom stereocenters. The van der Waals surface area contributed by atoms with Gasteiger partial charge in [0.2, 0.25) is 5.91 Å². The highest BCUT2D eigenvalue weighted by atomic mass is 16.5. The van der Waals surface area contributed by atoms with Crippen molar-refractivity contribution in [3.63, 3.8) is 0 Å². The number of likely N-dealkylation sites (tertiary alicyclic amines) is 3. The molecule has 4 rings (SSSR count). The van der Waals surface area contributed by atoms with Gasteiger partial charge in [-0.2, -0.15) is 0 Å². The van der Waals surface area contributed by atoms with Crippen molar-refractivity contribution < 1.29 is 14.3 Å². The lowest BCUT2D eigenvalue weighted by Gasteiger charge is -2.44. The van der Waals surface area contributed by atoms with Crippen molar-refractivity contribution >= 4 is 12.0 Å². The molecule has 2 amide bonds. The average Bonchev–Trinajstić information content (AvgIpc) is 3.21. The number of amides is 2. The molecule has 26 heavy (non-hydrogen) atoms. The molecule has 0 spiro atoms. The second-order valence-electron chi connectivity index (χ2n) is 8.28. The van der Waals surface area contributed by atoms with Gasteiger partial charge in [0.25, 0.3) is 0 Å². The predicted molar refractivity (Wildman–Crippen MR) is 98.4 cm³/mol. The van der Waals surface area contributed by atoms with Crippen LogP contribution in [-0.2, 0) is 9.53 Å². The summed E-state index contributed by atoms with van der Waals surface area (Å²) < 4.78 is 4.87. The van der Waals surface area contributed by atoms with E-state index in [1.54, 1.807) is 4.90 Å². The summed E-state index contributed by atoms with van der Waals surface area (Å²) in [4.78, 5) is 30.8. The van der Waals surface area contributed by atoms with Crippen LogP contribution in [0.25, 0.3) is 0 Å². The Bertz CT molecular complexity index is 651. The number of rotatable bonds is 2. The summed E-state index contributed by atoms with van der Waals surface area (Å²) >= 11 is 0. The summed E-state index contributed by atoms with van der Waals surface area (Å²) in [6, 6.07) is 0.322. The SMILES string of the molecule is COC(=O)N1CCC(C)(N2CCC(N3C(=O)CC4CC=CC=C43)CC2)C1. The molecule has 6 nitrogen and oxygen atoms in total. The number of hydrogen-bond donors (Lipinski definition) is 0. The summed E-state index contributed by atoms with van der Waals surface area (Å²) in [5, 5.41) is 0. The van der Waals surface area contributed by atoms with Crippen molar-refractivity contribution in [1.29, 1.82) is 0 Å². The Labute approximate surface area is 155 Å². The minimum atomic E-state index is -0.227. The number of hydrogen-bond acceptors (Lipinski definition) is 4. The monoisotopic (exact) mass is 359 g/mol. The molecule has 3 fully saturated rings. The molecule has 4 aliphatic rings. The molecule has 0 radical (unpaired) electrons. The van der Waals surface area contributed by atoms with Crippen molar-refractivity contribution in [2.45, 2.75) is 50.6 Å². The van der Waals surface area contributed by atoms with E-state index in [9.17, 15) is 9.59 Å². The molecular formula is C20H29N3O3. The first-order chi connectivity index (χ1) is 12.5. The molecular weight excluding hydrogens is 330 g/mol. The van der Waals surface area contributed by atoms with Gasteiger partial charge < -0.3 is 14.5 Å². The zero-order valence-electron chi connectivity index (χ0n) is 15.8. The highest BCUT2D eigenvalue weighted by molar-refractivity contribution is 5.82. The molecule has 0 aromatic carbocycles. The molecule has 0 bridgehead atoms. The van der Waals surface area contributed by atoms with Crippen LogP contribution in [-0.4, -0.2) is 71.6 Å². The van der Waals surface area contributed by atoms with Crippen LogP contribution in [0.1, 0.15) is 39.0 Å². The van der Waals surface area contributed by atoms with E-state index >= 15 is 0 Å². The van der Waals surface area contributed by atoms with Crippen molar-refractivity contribution in [2.75, 3.05) is 33.3 Å². The third kappa shape index (κ3) is 2.94. The topological polar surface area (TPSA) is 53.1 Å². The van der Waals surface area contributed by atoms with Crippen LogP contribution in [0.4, 0.5) is 4.79 Å². The van der Waals surface area contributed by atoms with Crippen molar-refractivity contribution in [1.82, 2.24) is 14.7 Å². The van der Waals surface area contributed by atoms with Crippen LogP contribution >= 0.6 is 0 Å². The second-order valence-corrected chi connectivity index (χ2v) is 8.28. The molecule has 3 aliphatic heterocycles. The average molecular weight is 359 g/mol. The molecule has 0 N–H and O–H groups in total. The largest absolute Gasteiger partial charge is 0.453 e. The summed E-state index contributed by atoms with van der Waals surface area (Å²) in [5.74, 6) is 0.693. The van der Waals surface area contributed by atoms with Crippen molar-refractivity contribution in [3.05, 3.63) is 23.9 Å². The van der Waals surface area contributed by atoms with Gasteiger partial charge in [0.1, 0.15) is 0 Å². The molecule has 142 valence electrons. The van der Waals surface area contributed by atoms with Gasteiger partial charge in [0.15, 0.2) is 0 Å². The molecule has 0 aromatic rings. The third-order valence-electron chi connectivity index (χ3n) is 6.69. The molecule has 2 unspecified atom stereocenters. The first kappa shape index (κ1) is 17.6. The van der Waals surface area contributed by atoms with Crippen LogP contribution in [0, 0.1) is 5.92 Å². The van der Waals surface area contributed by atoms with E-state index < -0.39 is 0 Å². The molecule has 0 aromatic heterocycles. The number of nitrogens with zero attached hydrogens (tertiary/aromatic N) is 3. The van der Waals surface area contributed by atoms with E-state index in [0.29, 0.717) is 24.3 Å². The highest BCUT2D eigenvalue weighted by Gasteiger charge is 2.45. The third-order valence-corrected chi connectivity index (χ3v) is 6.69. The molecule has 1 aliphatic carbocycles. The van der Waals surface area contributed by atoms with Gasteiger partial charge in [-0.3, -0.25) is 9.69 Å². The number of allylic oxidation sites excluding steroid dienone is 4. The van der Waals surface area contributed by atoms with E-state index in [2.05, 4.69) is 35.0 Å². The van der Waals surface area contributed by atoms with Crippen LogP contribution in [0.15, 0.2) is 23.9 Å². The van der Waals surface area contributed by atoms with Crippen LogP contribution < -0.4 is 0 Å². The van der Waals surface area contributed by atoms with Crippen LogP contribution in [0.3, 0.4) is 0 Å². The van der Waals surface area contributed by atoms with Gasteiger partial charge in [-0.1, -0.05) is 12.2 Å². The summed E-state index contributed by atoms with van der Waals surface area (Å²) in [6.45, 7) is 5.70. The summed E-state index contributed by atoms with van der Waals surface area (Å²) in [6.07, 6.45) is 10.8. The lowest BCUT2D eigenvalue weighted by atomic mass is 9.92. The van der Waals surface area contributed by atoms with Gasteiger partial charge >= 0.3 is 6.09 Å². The summed E-state index contributed by atoms with van der Waals surface area (Å²) in [7, 11) is 1.44. The van der Waals surface area contributed by atoms with Crippen molar-refractivity contribution in [3.8, 4) is 0 Å². The maximum atomic E-state index is 12.6. The number of carbonyl (C=O) groups excluding carboxylic acids is 2. The summed E-state index contributed by atoms with van der Waals surface area (Å²) in [5.41, 5.74) is 1.25. The minimum absolute atomic E-state index is 0.0174. The van der Waals surface area contributed by atoms with Gasteiger partial charge in [-0.15, -0.1) is 0 Å². The maximum absolute atomic E-state index is 12.6. The first-order valence-electron chi connectivity index (χ1n) is 9.78. The van der Waals surface area contributed by atoms with Crippen molar-refractivity contribution in [2.24, 2.45) is 5.92 Å².